The van der Waals surface area contributed by atoms with Crippen molar-refractivity contribution < 1.29 is 27.5 Å². The second-order valence-electron chi connectivity index (χ2n) is 9.31. The number of benzene rings is 2. The van der Waals surface area contributed by atoms with Crippen LogP contribution in [-0.4, -0.2) is 41.9 Å². The number of urea groups is 1. The zero-order chi connectivity index (χ0) is 25.5. The molecule has 0 aliphatic carbocycles. The van der Waals surface area contributed by atoms with Crippen molar-refractivity contribution in [3.05, 3.63) is 60.3 Å². The Bertz CT molecular complexity index is 1310. The Morgan fingerprint density at radius 2 is 1.75 bits per heavy atom. The fourth-order valence-corrected chi connectivity index (χ4v) is 4.98. The van der Waals surface area contributed by atoms with Crippen molar-refractivity contribution in [3.63, 3.8) is 0 Å². The lowest BCUT2D eigenvalue weighted by Gasteiger charge is -2.30. The molecule has 1 atom stereocenters. The molecule has 10 heteroatoms. The van der Waals surface area contributed by atoms with Crippen LogP contribution in [0.15, 0.2) is 54.7 Å². The molecule has 2 fully saturated rings. The fourth-order valence-electron chi connectivity index (χ4n) is 4.98. The Morgan fingerprint density at radius 3 is 2.44 bits per heavy atom. The van der Waals surface area contributed by atoms with Crippen LogP contribution in [0, 0.1) is 0 Å². The van der Waals surface area contributed by atoms with E-state index in [9.17, 15) is 22.8 Å². The van der Waals surface area contributed by atoms with Crippen LogP contribution in [0.4, 0.5) is 29.3 Å². The number of amides is 3. The Labute approximate surface area is 205 Å². The Hall–Kier alpha value is -3.82. The predicted molar refractivity (Wildman–Crippen MR) is 129 cm³/mol. The number of aromatic nitrogens is 1. The first kappa shape index (κ1) is 23.9. The van der Waals surface area contributed by atoms with Gasteiger partial charge < -0.3 is 15.0 Å². The number of ether oxygens (including phenoxy) is 1. The SMILES string of the molecule is CC1(Cc2ccnc3c(N4CCCCC4)cccc23)NC(=O)N(c2ccc(OC(F)(F)F)cc2)C1=O. The Balaban J connectivity index is 1.41. The minimum absolute atomic E-state index is 0.155. The Morgan fingerprint density at radius 1 is 1.03 bits per heavy atom. The number of hydrogen-bond donors (Lipinski definition) is 1. The van der Waals surface area contributed by atoms with E-state index in [1.165, 1.54) is 18.6 Å². The van der Waals surface area contributed by atoms with Crippen LogP contribution >= 0.6 is 0 Å². The summed E-state index contributed by atoms with van der Waals surface area (Å²) in [4.78, 5) is 34.1. The molecule has 3 aromatic rings. The molecular formula is C26H25F3N4O3. The zero-order valence-corrected chi connectivity index (χ0v) is 19.6. The van der Waals surface area contributed by atoms with E-state index in [1.807, 2.05) is 18.2 Å². The number of rotatable bonds is 5. The van der Waals surface area contributed by atoms with Crippen molar-refractivity contribution in [2.75, 3.05) is 22.9 Å². The molecular weight excluding hydrogens is 473 g/mol. The predicted octanol–water partition coefficient (Wildman–Crippen LogP) is 5.18. The van der Waals surface area contributed by atoms with Crippen molar-refractivity contribution in [1.82, 2.24) is 10.3 Å². The number of carbonyl (C=O) groups excluding carboxylic acids is 2. The molecule has 0 bridgehead atoms. The third-order valence-electron chi connectivity index (χ3n) is 6.67. The summed E-state index contributed by atoms with van der Waals surface area (Å²) in [6.45, 7) is 3.59. The number of alkyl halides is 3. The molecule has 5 rings (SSSR count). The molecule has 1 unspecified atom stereocenters. The van der Waals surface area contributed by atoms with Gasteiger partial charge in [-0.3, -0.25) is 9.78 Å². The van der Waals surface area contributed by atoms with E-state index in [1.54, 1.807) is 13.1 Å². The van der Waals surface area contributed by atoms with Gasteiger partial charge in [0.2, 0.25) is 0 Å². The van der Waals surface area contributed by atoms with Crippen LogP contribution in [0.1, 0.15) is 31.7 Å². The Kier molecular flexibility index (Phi) is 5.97. The standard InChI is InChI=1S/C26H25F3N4O3/c1-25(23(34)33(24(35)31-25)18-8-10-19(11-9-18)36-26(27,28)29)16-17-12-13-30-22-20(17)6-5-7-21(22)32-14-3-2-4-15-32/h5-13H,2-4,14-16H2,1H3,(H,31,35). The molecule has 2 aliphatic rings. The molecule has 1 N–H and O–H groups in total. The number of nitrogens with zero attached hydrogens (tertiary/aromatic N) is 3. The molecule has 188 valence electrons. The lowest BCUT2D eigenvalue weighted by atomic mass is 9.90. The van der Waals surface area contributed by atoms with Crippen LogP contribution in [-0.2, 0) is 11.2 Å². The lowest BCUT2D eigenvalue weighted by Crippen LogP contribution is -2.46. The van der Waals surface area contributed by atoms with Crippen molar-refractivity contribution >= 4 is 34.2 Å². The number of carbonyl (C=O) groups is 2. The number of para-hydroxylation sites is 1. The summed E-state index contributed by atoms with van der Waals surface area (Å²) in [7, 11) is 0. The minimum Gasteiger partial charge on any atom is -0.406 e. The van der Waals surface area contributed by atoms with Gasteiger partial charge in [-0.25, -0.2) is 9.69 Å². The highest BCUT2D eigenvalue weighted by Crippen LogP contribution is 2.34. The highest BCUT2D eigenvalue weighted by atomic mass is 19.4. The number of nitrogens with one attached hydrogen (secondary N) is 1. The molecule has 3 heterocycles. The minimum atomic E-state index is -4.83. The van der Waals surface area contributed by atoms with Gasteiger partial charge in [0.05, 0.1) is 16.9 Å². The highest BCUT2D eigenvalue weighted by Gasteiger charge is 2.48. The number of fused-ring (bicyclic) bond motifs is 1. The maximum absolute atomic E-state index is 13.4. The van der Waals surface area contributed by atoms with E-state index in [-0.39, 0.29) is 12.1 Å². The molecule has 7 nitrogen and oxygen atoms in total. The van der Waals surface area contributed by atoms with Gasteiger partial charge in [0.25, 0.3) is 5.91 Å². The summed E-state index contributed by atoms with van der Waals surface area (Å²) in [5.41, 5.74) is 1.69. The summed E-state index contributed by atoms with van der Waals surface area (Å²) in [5, 5.41) is 3.68. The lowest BCUT2D eigenvalue weighted by molar-refractivity contribution is -0.274. The molecule has 2 aromatic carbocycles. The highest BCUT2D eigenvalue weighted by molar-refractivity contribution is 6.23. The average Bonchev–Trinajstić information content (AvgIpc) is 3.06. The van der Waals surface area contributed by atoms with Crippen LogP contribution in [0.5, 0.6) is 5.75 Å². The van der Waals surface area contributed by atoms with Gasteiger partial charge in [0.15, 0.2) is 0 Å². The average molecular weight is 499 g/mol. The molecule has 2 aliphatic heterocycles. The van der Waals surface area contributed by atoms with Crippen LogP contribution < -0.4 is 19.9 Å². The van der Waals surface area contributed by atoms with Crippen molar-refractivity contribution in [2.24, 2.45) is 0 Å². The second kappa shape index (κ2) is 9.00. The number of anilines is 2. The van der Waals surface area contributed by atoms with Crippen molar-refractivity contribution in [1.29, 1.82) is 0 Å². The summed E-state index contributed by atoms with van der Waals surface area (Å²) >= 11 is 0. The van der Waals surface area contributed by atoms with E-state index in [2.05, 4.69) is 26.0 Å². The number of hydrogen-bond acceptors (Lipinski definition) is 5. The van der Waals surface area contributed by atoms with E-state index in [0.717, 1.165) is 65.1 Å². The largest absolute Gasteiger partial charge is 0.573 e. The molecule has 0 spiro atoms. The molecule has 0 saturated carbocycles. The van der Waals surface area contributed by atoms with Gasteiger partial charge in [-0.15, -0.1) is 13.2 Å². The first-order valence-corrected chi connectivity index (χ1v) is 11.8. The van der Waals surface area contributed by atoms with Crippen molar-refractivity contribution in [2.45, 2.75) is 44.5 Å². The van der Waals surface area contributed by atoms with E-state index in [0.29, 0.717) is 0 Å². The third kappa shape index (κ3) is 4.55. The molecule has 36 heavy (non-hydrogen) atoms. The summed E-state index contributed by atoms with van der Waals surface area (Å²) in [6.07, 6.45) is 0.594. The van der Waals surface area contributed by atoms with E-state index >= 15 is 0 Å². The molecule has 1 aromatic heterocycles. The number of halogens is 3. The normalized spacial score (nSPS) is 20.7. The molecule has 2 saturated heterocycles. The van der Waals surface area contributed by atoms with Crippen LogP contribution in [0.25, 0.3) is 10.9 Å². The molecule has 3 amide bonds. The summed E-state index contributed by atoms with van der Waals surface area (Å²) < 4.78 is 41.3. The van der Waals surface area contributed by atoms with E-state index < -0.39 is 29.6 Å². The first-order chi connectivity index (χ1) is 17.1. The topological polar surface area (TPSA) is 74.8 Å². The van der Waals surface area contributed by atoms with E-state index in [4.69, 9.17) is 0 Å². The summed E-state index contributed by atoms with van der Waals surface area (Å²) in [5.74, 6) is -0.928. The van der Waals surface area contributed by atoms with Crippen LogP contribution in [0.3, 0.4) is 0 Å². The summed E-state index contributed by atoms with van der Waals surface area (Å²) in [6, 6.07) is 11.8. The van der Waals surface area contributed by atoms with Gasteiger partial charge in [-0.2, -0.15) is 0 Å². The number of imide groups is 1. The maximum atomic E-state index is 13.4. The fraction of sp³-hybridized carbons (Fsp3) is 0.346. The van der Waals surface area contributed by atoms with Crippen LogP contribution in [0.2, 0.25) is 0 Å². The number of piperidine rings is 1. The van der Waals surface area contributed by atoms with Crippen molar-refractivity contribution in [3.8, 4) is 5.75 Å². The molecule has 0 radical (unpaired) electrons. The first-order valence-electron chi connectivity index (χ1n) is 11.8. The third-order valence-corrected chi connectivity index (χ3v) is 6.67. The quantitative estimate of drug-likeness (QED) is 0.491. The van der Waals surface area contributed by atoms with Gasteiger partial charge in [-0.05, 0) is 68.1 Å². The second-order valence-corrected chi connectivity index (χ2v) is 9.31. The van der Waals surface area contributed by atoms with Gasteiger partial charge in [0, 0.05) is 31.1 Å². The monoisotopic (exact) mass is 498 g/mol. The zero-order valence-electron chi connectivity index (χ0n) is 19.6. The number of pyridine rings is 1. The van der Waals surface area contributed by atoms with Gasteiger partial charge in [0.1, 0.15) is 11.3 Å². The van der Waals surface area contributed by atoms with Gasteiger partial charge in [-0.1, -0.05) is 12.1 Å². The van der Waals surface area contributed by atoms with Gasteiger partial charge >= 0.3 is 12.4 Å². The maximum Gasteiger partial charge on any atom is 0.573 e. The smallest absolute Gasteiger partial charge is 0.406 e.